The third-order valence-electron chi connectivity index (χ3n) is 4.58. The lowest BCUT2D eigenvalue weighted by atomic mass is 10.1. The SMILES string of the molecule is O=C(c1cnc2ccccc2c1S(=O)(=O)c1ccccc1)N1CCSCC1. The first-order valence-corrected chi connectivity index (χ1v) is 11.3. The van der Waals surface area contributed by atoms with E-state index in [1.165, 1.54) is 6.20 Å². The Morgan fingerprint density at radius 2 is 1.63 bits per heavy atom. The van der Waals surface area contributed by atoms with Crippen LogP contribution in [0.25, 0.3) is 10.9 Å². The van der Waals surface area contributed by atoms with Crippen LogP contribution in [0.1, 0.15) is 10.4 Å². The molecule has 0 spiro atoms. The first-order valence-electron chi connectivity index (χ1n) is 8.64. The van der Waals surface area contributed by atoms with Crippen LogP contribution < -0.4 is 0 Å². The second-order valence-corrected chi connectivity index (χ2v) is 9.35. The van der Waals surface area contributed by atoms with Crippen LogP contribution in [0.5, 0.6) is 0 Å². The van der Waals surface area contributed by atoms with Crippen LogP contribution in [0.4, 0.5) is 0 Å². The molecule has 1 amide bonds. The molecule has 2 aromatic carbocycles. The molecular formula is C20H18N2O3S2. The number of carbonyl (C=O) groups is 1. The average molecular weight is 399 g/mol. The number of thioether (sulfide) groups is 1. The molecule has 0 aliphatic carbocycles. The Kier molecular flexibility index (Phi) is 4.88. The lowest BCUT2D eigenvalue weighted by Crippen LogP contribution is -2.38. The molecule has 0 saturated carbocycles. The molecule has 0 radical (unpaired) electrons. The van der Waals surface area contributed by atoms with Gasteiger partial charge in [-0.2, -0.15) is 11.8 Å². The van der Waals surface area contributed by atoms with E-state index in [1.807, 2.05) is 0 Å². The number of nitrogens with zero attached hydrogens (tertiary/aromatic N) is 2. The van der Waals surface area contributed by atoms with E-state index in [-0.39, 0.29) is 21.3 Å². The summed E-state index contributed by atoms with van der Waals surface area (Å²) in [5.41, 5.74) is 0.696. The summed E-state index contributed by atoms with van der Waals surface area (Å²) >= 11 is 1.79. The van der Waals surface area contributed by atoms with Gasteiger partial charge < -0.3 is 4.90 Å². The number of rotatable bonds is 3. The summed E-state index contributed by atoms with van der Waals surface area (Å²) in [5.74, 6) is 1.43. The van der Waals surface area contributed by atoms with Gasteiger partial charge in [0, 0.05) is 36.2 Å². The van der Waals surface area contributed by atoms with Crippen molar-refractivity contribution >= 4 is 38.4 Å². The number of para-hydroxylation sites is 1. The number of amides is 1. The number of hydrogen-bond donors (Lipinski definition) is 0. The summed E-state index contributed by atoms with van der Waals surface area (Å²) in [6, 6.07) is 15.3. The topological polar surface area (TPSA) is 67.3 Å². The summed E-state index contributed by atoms with van der Waals surface area (Å²) in [6.45, 7) is 1.22. The lowest BCUT2D eigenvalue weighted by Gasteiger charge is -2.27. The molecule has 1 aliphatic heterocycles. The van der Waals surface area contributed by atoms with Gasteiger partial charge in [0.05, 0.1) is 20.9 Å². The number of fused-ring (bicyclic) bond motifs is 1. The van der Waals surface area contributed by atoms with Gasteiger partial charge in [-0.15, -0.1) is 0 Å². The molecular weight excluding hydrogens is 380 g/mol. The highest BCUT2D eigenvalue weighted by molar-refractivity contribution is 7.99. The fraction of sp³-hybridized carbons (Fsp3) is 0.200. The van der Waals surface area contributed by atoms with Gasteiger partial charge in [-0.1, -0.05) is 36.4 Å². The predicted molar refractivity (Wildman–Crippen MR) is 107 cm³/mol. The van der Waals surface area contributed by atoms with Gasteiger partial charge >= 0.3 is 0 Å². The van der Waals surface area contributed by atoms with Crippen LogP contribution >= 0.6 is 11.8 Å². The molecule has 4 rings (SSSR count). The van der Waals surface area contributed by atoms with Crippen LogP contribution in [0.2, 0.25) is 0 Å². The maximum atomic E-state index is 13.5. The van der Waals surface area contributed by atoms with Crippen molar-refractivity contribution in [2.45, 2.75) is 9.79 Å². The molecule has 3 aromatic rings. The minimum atomic E-state index is -3.87. The predicted octanol–water partition coefficient (Wildman–Crippen LogP) is 3.26. The third kappa shape index (κ3) is 3.33. The Morgan fingerprint density at radius 3 is 2.37 bits per heavy atom. The largest absolute Gasteiger partial charge is 0.337 e. The summed E-state index contributed by atoms with van der Waals surface area (Å²) in [5, 5.41) is 0.471. The van der Waals surface area contributed by atoms with Gasteiger partial charge in [-0.05, 0) is 18.2 Å². The highest BCUT2D eigenvalue weighted by Gasteiger charge is 2.30. The molecule has 2 heterocycles. The zero-order chi connectivity index (χ0) is 18.9. The minimum Gasteiger partial charge on any atom is -0.337 e. The zero-order valence-corrected chi connectivity index (χ0v) is 16.2. The van der Waals surface area contributed by atoms with Crippen LogP contribution in [0.15, 0.2) is 70.6 Å². The Morgan fingerprint density at radius 1 is 0.963 bits per heavy atom. The first-order chi connectivity index (χ1) is 13.1. The Balaban J connectivity index is 1.95. The molecule has 0 unspecified atom stereocenters. The molecule has 1 aromatic heterocycles. The van der Waals surface area contributed by atoms with E-state index in [1.54, 1.807) is 71.3 Å². The molecule has 0 atom stereocenters. The molecule has 138 valence electrons. The van der Waals surface area contributed by atoms with Gasteiger partial charge in [0.15, 0.2) is 0 Å². The highest BCUT2D eigenvalue weighted by Crippen LogP contribution is 2.31. The van der Waals surface area contributed by atoms with Crippen molar-refractivity contribution in [3.05, 3.63) is 66.4 Å². The van der Waals surface area contributed by atoms with Crippen LogP contribution in [-0.4, -0.2) is 48.8 Å². The first kappa shape index (κ1) is 18.0. The van der Waals surface area contributed by atoms with E-state index in [0.29, 0.717) is 24.0 Å². The summed E-state index contributed by atoms with van der Waals surface area (Å²) in [4.78, 5) is 19.4. The molecule has 1 saturated heterocycles. The van der Waals surface area contributed by atoms with E-state index in [9.17, 15) is 13.2 Å². The second-order valence-electron chi connectivity index (χ2n) is 6.24. The van der Waals surface area contributed by atoms with E-state index >= 15 is 0 Å². The number of hydrogen-bond acceptors (Lipinski definition) is 5. The number of aromatic nitrogens is 1. The standard InChI is InChI=1S/C20H18N2O3S2/c23-20(22-10-12-26-13-11-22)17-14-21-18-9-5-4-8-16(18)19(17)27(24,25)15-6-2-1-3-7-15/h1-9,14H,10-13H2. The average Bonchev–Trinajstić information content (AvgIpc) is 2.73. The van der Waals surface area contributed by atoms with Gasteiger partial charge in [0.2, 0.25) is 9.84 Å². The third-order valence-corrected chi connectivity index (χ3v) is 7.39. The fourth-order valence-corrected chi connectivity index (χ4v) is 5.76. The number of pyridine rings is 1. The lowest BCUT2D eigenvalue weighted by molar-refractivity contribution is 0.0768. The van der Waals surface area contributed by atoms with Crippen molar-refractivity contribution in [2.24, 2.45) is 0 Å². The van der Waals surface area contributed by atoms with Gasteiger partial charge in [-0.3, -0.25) is 9.78 Å². The molecule has 0 bridgehead atoms. The van der Waals surface area contributed by atoms with E-state index in [2.05, 4.69) is 4.98 Å². The zero-order valence-electron chi connectivity index (χ0n) is 14.5. The van der Waals surface area contributed by atoms with Crippen molar-refractivity contribution in [1.29, 1.82) is 0 Å². The van der Waals surface area contributed by atoms with Crippen molar-refractivity contribution in [3.8, 4) is 0 Å². The monoisotopic (exact) mass is 398 g/mol. The van der Waals surface area contributed by atoms with Crippen LogP contribution in [0, 0.1) is 0 Å². The van der Waals surface area contributed by atoms with E-state index < -0.39 is 9.84 Å². The van der Waals surface area contributed by atoms with Crippen LogP contribution in [-0.2, 0) is 9.84 Å². The fourth-order valence-electron chi connectivity index (χ4n) is 3.21. The second kappa shape index (κ2) is 7.32. The Hall–Kier alpha value is -2.38. The molecule has 1 fully saturated rings. The van der Waals surface area contributed by atoms with Crippen LogP contribution in [0.3, 0.4) is 0 Å². The summed E-state index contributed by atoms with van der Waals surface area (Å²) in [6.07, 6.45) is 1.40. The molecule has 7 heteroatoms. The van der Waals surface area contributed by atoms with Crippen molar-refractivity contribution in [3.63, 3.8) is 0 Å². The quantitative estimate of drug-likeness (QED) is 0.677. The smallest absolute Gasteiger partial charge is 0.256 e. The minimum absolute atomic E-state index is 0.0440. The van der Waals surface area contributed by atoms with Gasteiger partial charge in [-0.25, -0.2) is 8.42 Å². The molecule has 27 heavy (non-hydrogen) atoms. The number of sulfone groups is 1. The van der Waals surface area contributed by atoms with Crippen molar-refractivity contribution in [2.75, 3.05) is 24.6 Å². The molecule has 0 N–H and O–H groups in total. The normalized spacial score (nSPS) is 15.0. The Bertz CT molecular complexity index is 1090. The maximum Gasteiger partial charge on any atom is 0.256 e. The summed E-state index contributed by atoms with van der Waals surface area (Å²) < 4.78 is 26.9. The highest BCUT2D eigenvalue weighted by atomic mass is 32.2. The van der Waals surface area contributed by atoms with Crippen molar-refractivity contribution in [1.82, 2.24) is 9.88 Å². The molecule has 5 nitrogen and oxygen atoms in total. The van der Waals surface area contributed by atoms with E-state index in [0.717, 1.165) is 11.5 Å². The summed E-state index contributed by atoms with van der Waals surface area (Å²) in [7, 11) is -3.87. The van der Waals surface area contributed by atoms with Crippen molar-refractivity contribution < 1.29 is 13.2 Å². The van der Waals surface area contributed by atoms with E-state index in [4.69, 9.17) is 0 Å². The Labute approximate surface area is 162 Å². The molecule has 1 aliphatic rings. The number of benzene rings is 2. The van der Waals surface area contributed by atoms with Gasteiger partial charge in [0.1, 0.15) is 0 Å². The number of carbonyl (C=O) groups excluding carboxylic acids is 1. The maximum absolute atomic E-state index is 13.5. The van der Waals surface area contributed by atoms with Gasteiger partial charge in [0.25, 0.3) is 5.91 Å².